The summed E-state index contributed by atoms with van der Waals surface area (Å²) in [5.74, 6) is 0.545. The number of amides is 3. The number of thioether (sulfide) groups is 1. The fraction of sp³-hybridized carbons (Fsp3) is 0.278. The molecule has 0 bridgehead atoms. The molecule has 3 aromatic rings. The minimum Gasteiger partial charge on any atom is -0.416 e. The molecule has 0 aliphatic heterocycles. The summed E-state index contributed by atoms with van der Waals surface area (Å²) >= 11 is 2.84. The Morgan fingerprint density at radius 2 is 2.04 bits per heavy atom. The highest BCUT2D eigenvalue weighted by Gasteiger charge is 2.11. The third-order valence-corrected chi connectivity index (χ3v) is 5.19. The van der Waals surface area contributed by atoms with Crippen LogP contribution >= 0.6 is 23.1 Å². The molecule has 28 heavy (non-hydrogen) atoms. The first kappa shape index (κ1) is 20.0. The quantitative estimate of drug-likeness (QED) is 0.542. The summed E-state index contributed by atoms with van der Waals surface area (Å²) in [7, 11) is 0. The molecular weight excluding hydrogens is 398 g/mol. The van der Waals surface area contributed by atoms with Crippen LogP contribution in [0.3, 0.4) is 0 Å². The molecule has 0 atom stereocenters. The number of nitrogens with zero attached hydrogens (tertiary/aromatic N) is 3. The Kier molecular flexibility index (Phi) is 7.15. The van der Waals surface area contributed by atoms with Gasteiger partial charge in [0, 0.05) is 24.1 Å². The molecule has 0 aliphatic carbocycles. The normalized spacial score (nSPS) is 10.6. The van der Waals surface area contributed by atoms with E-state index >= 15 is 0 Å². The van der Waals surface area contributed by atoms with Gasteiger partial charge in [0.15, 0.2) is 0 Å². The molecule has 2 heterocycles. The highest BCUT2D eigenvalue weighted by atomic mass is 32.2. The molecule has 0 unspecified atom stereocenters. The minimum absolute atomic E-state index is 0.159. The van der Waals surface area contributed by atoms with E-state index in [1.807, 2.05) is 42.6 Å². The maximum atomic E-state index is 11.8. The number of aromatic nitrogens is 3. The van der Waals surface area contributed by atoms with E-state index in [2.05, 4.69) is 25.8 Å². The molecular formula is C18H19N5O3S2. The van der Waals surface area contributed by atoms with Gasteiger partial charge in [0.2, 0.25) is 11.8 Å². The zero-order valence-corrected chi connectivity index (χ0v) is 16.8. The zero-order valence-electron chi connectivity index (χ0n) is 15.2. The number of carbonyl (C=O) groups is 2. The first-order valence-corrected chi connectivity index (χ1v) is 10.4. The summed E-state index contributed by atoms with van der Waals surface area (Å²) in [5, 5.41) is 16.2. The van der Waals surface area contributed by atoms with Crippen LogP contribution in [0, 0.1) is 6.92 Å². The Hall–Kier alpha value is -2.72. The van der Waals surface area contributed by atoms with Gasteiger partial charge in [0.05, 0.1) is 17.1 Å². The maximum Gasteiger partial charge on any atom is 0.321 e. The van der Waals surface area contributed by atoms with E-state index in [4.69, 9.17) is 4.42 Å². The van der Waals surface area contributed by atoms with Crippen LogP contribution in [0.5, 0.6) is 0 Å². The average molecular weight is 418 g/mol. The smallest absolute Gasteiger partial charge is 0.321 e. The Balaban J connectivity index is 1.34. The second-order valence-electron chi connectivity index (χ2n) is 5.81. The molecule has 0 spiro atoms. The number of rotatable bonds is 8. The van der Waals surface area contributed by atoms with Crippen molar-refractivity contribution in [2.24, 2.45) is 0 Å². The molecule has 0 aliphatic rings. The molecule has 1 aromatic carbocycles. The summed E-state index contributed by atoms with van der Waals surface area (Å²) in [5.41, 5.74) is 1.85. The van der Waals surface area contributed by atoms with Crippen molar-refractivity contribution in [1.82, 2.24) is 25.8 Å². The van der Waals surface area contributed by atoms with Gasteiger partial charge in [-0.1, -0.05) is 42.1 Å². The van der Waals surface area contributed by atoms with Gasteiger partial charge in [0.25, 0.3) is 5.22 Å². The summed E-state index contributed by atoms with van der Waals surface area (Å²) < 4.78 is 5.54. The monoisotopic (exact) mass is 417 g/mol. The second-order valence-corrected chi connectivity index (χ2v) is 7.92. The number of imide groups is 1. The van der Waals surface area contributed by atoms with Crippen molar-refractivity contribution in [3.8, 4) is 0 Å². The summed E-state index contributed by atoms with van der Waals surface area (Å²) in [4.78, 5) is 27.9. The van der Waals surface area contributed by atoms with E-state index in [1.165, 1.54) is 11.8 Å². The average Bonchev–Trinajstić information content (AvgIpc) is 3.30. The van der Waals surface area contributed by atoms with Crippen LogP contribution in [0.25, 0.3) is 0 Å². The zero-order chi connectivity index (χ0) is 19.8. The number of benzene rings is 1. The van der Waals surface area contributed by atoms with Crippen LogP contribution in [0.15, 0.2) is 45.4 Å². The van der Waals surface area contributed by atoms with E-state index in [1.54, 1.807) is 11.3 Å². The van der Waals surface area contributed by atoms with E-state index < -0.39 is 6.03 Å². The summed E-state index contributed by atoms with van der Waals surface area (Å²) in [6, 6.07) is 8.95. The van der Waals surface area contributed by atoms with Crippen LogP contribution in [0.2, 0.25) is 0 Å². The van der Waals surface area contributed by atoms with Crippen molar-refractivity contribution in [2.45, 2.75) is 31.5 Å². The molecule has 8 nitrogen and oxygen atoms in total. The van der Waals surface area contributed by atoms with Gasteiger partial charge in [-0.2, -0.15) is 0 Å². The second kappa shape index (κ2) is 10.00. The van der Waals surface area contributed by atoms with Gasteiger partial charge in [-0.3, -0.25) is 10.1 Å². The lowest BCUT2D eigenvalue weighted by Crippen LogP contribution is -2.39. The molecule has 3 amide bonds. The highest BCUT2D eigenvalue weighted by Crippen LogP contribution is 2.19. The SMILES string of the molecule is Cc1nc(Cc2nnc(SCCC(=O)NC(=O)NCc3ccccc3)o2)cs1. The first-order valence-electron chi connectivity index (χ1n) is 8.56. The molecule has 0 saturated carbocycles. The number of hydrogen-bond acceptors (Lipinski definition) is 8. The predicted molar refractivity (Wildman–Crippen MR) is 106 cm³/mol. The maximum absolute atomic E-state index is 11.8. The van der Waals surface area contributed by atoms with Crippen LogP contribution in [0.4, 0.5) is 4.79 Å². The Morgan fingerprint density at radius 3 is 2.79 bits per heavy atom. The Morgan fingerprint density at radius 1 is 1.21 bits per heavy atom. The van der Waals surface area contributed by atoms with Gasteiger partial charge < -0.3 is 9.73 Å². The number of aryl methyl sites for hydroxylation is 1. The molecule has 2 aromatic heterocycles. The van der Waals surface area contributed by atoms with E-state index in [0.29, 0.717) is 29.8 Å². The van der Waals surface area contributed by atoms with Gasteiger partial charge in [-0.15, -0.1) is 21.5 Å². The standard InChI is InChI=1S/C18H19N5O3S2/c1-12-20-14(11-28-12)9-16-22-23-18(26-16)27-8-7-15(24)21-17(25)19-10-13-5-3-2-4-6-13/h2-6,11H,7-10H2,1H3,(H2,19,21,24,25). The molecule has 0 saturated heterocycles. The fourth-order valence-electron chi connectivity index (χ4n) is 2.25. The van der Waals surface area contributed by atoms with Crippen LogP contribution in [-0.2, 0) is 17.8 Å². The lowest BCUT2D eigenvalue weighted by Gasteiger charge is -2.06. The molecule has 2 N–H and O–H groups in total. The lowest BCUT2D eigenvalue weighted by molar-refractivity contribution is -0.119. The van der Waals surface area contributed by atoms with Gasteiger partial charge >= 0.3 is 6.03 Å². The van der Waals surface area contributed by atoms with Crippen molar-refractivity contribution < 1.29 is 14.0 Å². The van der Waals surface area contributed by atoms with E-state index in [0.717, 1.165) is 16.3 Å². The molecule has 10 heteroatoms. The van der Waals surface area contributed by atoms with Crippen LogP contribution < -0.4 is 10.6 Å². The summed E-state index contributed by atoms with van der Waals surface area (Å²) in [6.45, 7) is 2.30. The Bertz CT molecular complexity index is 926. The first-order chi connectivity index (χ1) is 13.6. The molecule has 3 rings (SSSR count). The third-order valence-electron chi connectivity index (χ3n) is 3.55. The topological polar surface area (TPSA) is 110 Å². The number of nitrogens with one attached hydrogen (secondary N) is 2. The van der Waals surface area contributed by atoms with Crippen molar-refractivity contribution >= 4 is 35.0 Å². The van der Waals surface area contributed by atoms with E-state index in [-0.39, 0.29) is 12.3 Å². The van der Waals surface area contributed by atoms with Gasteiger partial charge in [-0.25, -0.2) is 9.78 Å². The Labute approximate surface area is 170 Å². The van der Waals surface area contributed by atoms with Crippen LogP contribution in [-0.4, -0.2) is 32.9 Å². The van der Waals surface area contributed by atoms with Gasteiger partial charge in [-0.05, 0) is 12.5 Å². The largest absolute Gasteiger partial charge is 0.416 e. The van der Waals surface area contributed by atoms with Crippen molar-refractivity contribution in [2.75, 3.05) is 5.75 Å². The van der Waals surface area contributed by atoms with Gasteiger partial charge in [0.1, 0.15) is 0 Å². The molecule has 0 radical (unpaired) electrons. The third kappa shape index (κ3) is 6.46. The highest BCUT2D eigenvalue weighted by molar-refractivity contribution is 7.99. The van der Waals surface area contributed by atoms with Crippen molar-refractivity contribution in [3.05, 3.63) is 57.9 Å². The number of carbonyl (C=O) groups excluding carboxylic acids is 2. The summed E-state index contributed by atoms with van der Waals surface area (Å²) in [6.07, 6.45) is 0.645. The number of urea groups is 1. The predicted octanol–water partition coefficient (Wildman–Crippen LogP) is 2.93. The molecule has 0 fully saturated rings. The van der Waals surface area contributed by atoms with Crippen molar-refractivity contribution in [1.29, 1.82) is 0 Å². The number of hydrogen-bond donors (Lipinski definition) is 2. The fourth-order valence-corrected chi connectivity index (χ4v) is 3.58. The number of thiazole rings is 1. The lowest BCUT2D eigenvalue weighted by atomic mass is 10.2. The van der Waals surface area contributed by atoms with Crippen molar-refractivity contribution in [3.63, 3.8) is 0 Å². The molecule has 146 valence electrons. The minimum atomic E-state index is -0.516. The van der Waals surface area contributed by atoms with E-state index in [9.17, 15) is 9.59 Å². The van der Waals surface area contributed by atoms with Crippen LogP contribution in [0.1, 0.15) is 28.6 Å².